The third kappa shape index (κ3) is 6.48. The number of carbonyl (C=O) groups is 2. The maximum atomic E-state index is 13.0. The Bertz CT molecular complexity index is 957. The monoisotopic (exact) mass is 460 g/mol. The van der Waals surface area contributed by atoms with E-state index in [4.69, 9.17) is 5.73 Å². The van der Waals surface area contributed by atoms with E-state index in [-0.39, 0.29) is 17.9 Å². The van der Waals surface area contributed by atoms with Crippen LogP contribution in [0.3, 0.4) is 0 Å². The largest absolute Gasteiger partial charge is 0.416 e. The van der Waals surface area contributed by atoms with Crippen molar-refractivity contribution in [3.8, 4) is 0 Å². The van der Waals surface area contributed by atoms with Gasteiger partial charge in [-0.2, -0.15) is 26.3 Å². The summed E-state index contributed by atoms with van der Waals surface area (Å²) in [6.45, 7) is 6.00. The van der Waals surface area contributed by atoms with Gasteiger partial charge in [-0.1, -0.05) is 45.0 Å². The summed E-state index contributed by atoms with van der Waals surface area (Å²) in [4.78, 5) is 24.2. The lowest BCUT2D eigenvalue weighted by Gasteiger charge is -2.20. The van der Waals surface area contributed by atoms with Crippen molar-refractivity contribution in [3.63, 3.8) is 0 Å². The van der Waals surface area contributed by atoms with Crippen LogP contribution in [0.4, 0.5) is 26.3 Å². The molecule has 3 N–H and O–H groups in total. The van der Waals surface area contributed by atoms with Gasteiger partial charge in [0.15, 0.2) is 0 Å². The van der Waals surface area contributed by atoms with Gasteiger partial charge >= 0.3 is 12.4 Å². The molecule has 2 amide bonds. The third-order valence-corrected chi connectivity index (χ3v) is 4.76. The highest BCUT2D eigenvalue weighted by molar-refractivity contribution is 5.97. The van der Waals surface area contributed by atoms with Gasteiger partial charge in [0.2, 0.25) is 5.91 Å². The molecule has 0 aromatic heterocycles. The quantitative estimate of drug-likeness (QED) is 0.627. The Hall–Kier alpha value is -3.04. The minimum atomic E-state index is -5.10. The minimum Gasteiger partial charge on any atom is -0.368 e. The molecule has 0 spiro atoms. The number of benzene rings is 2. The van der Waals surface area contributed by atoms with E-state index in [9.17, 15) is 35.9 Å². The first-order valence-corrected chi connectivity index (χ1v) is 9.47. The molecule has 0 fully saturated rings. The van der Waals surface area contributed by atoms with Gasteiger partial charge in [0.05, 0.1) is 11.1 Å². The Morgan fingerprint density at radius 1 is 0.844 bits per heavy atom. The lowest BCUT2D eigenvalue weighted by Crippen LogP contribution is -2.46. The fourth-order valence-electron chi connectivity index (χ4n) is 2.93. The van der Waals surface area contributed by atoms with Crippen molar-refractivity contribution in [2.45, 2.75) is 51.0 Å². The van der Waals surface area contributed by atoms with E-state index in [1.807, 2.05) is 32.9 Å². The molecule has 2 aromatic carbocycles. The molecule has 2 rings (SSSR count). The van der Waals surface area contributed by atoms with Gasteiger partial charge in [-0.3, -0.25) is 9.59 Å². The second kappa shape index (κ2) is 8.84. The lowest BCUT2D eigenvalue weighted by atomic mass is 9.86. The van der Waals surface area contributed by atoms with Crippen LogP contribution in [0, 0.1) is 0 Å². The van der Waals surface area contributed by atoms with Crippen molar-refractivity contribution < 1.29 is 35.9 Å². The van der Waals surface area contributed by atoms with Crippen LogP contribution in [0.2, 0.25) is 0 Å². The normalized spacial score (nSPS) is 13.5. The van der Waals surface area contributed by atoms with E-state index in [0.29, 0.717) is 17.7 Å². The summed E-state index contributed by atoms with van der Waals surface area (Å²) in [7, 11) is 0. The first kappa shape index (κ1) is 25.2. The van der Waals surface area contributed by atoms with Crippen LogP contribution < -0.4 is 11.1 Å². The van der Waals surface area contributed by atoms with Crippen LogP contribution >= 0.6 is 0 Å². The molecule has 0 saturated heterocycles. The Balaban J connectivity index is 2.31. The molecule has 0 heterocycles. The van der Waals surface area contributed by atoms with Crippen LogP contribution in [0.15, 0.2) is 42.5 Å². The molecule has 0 radical (unpaired) electrons. The molecule has 0 aliphatic heterocycles. The number of nitrogens with two attached hydrogens (primary N) is 1. The van der Waals surface area contributed by atoms with E-state index in [1.54, 1.807) is 12.1 Å². The molecule has 0 saturated carbocycles. The van der Waals surface area contributed by atoms with E-state index in [0.717, 1.165) is 5.56 Å². The van der Waals surface area contributed by atoms with Crippen LogP contribution in [-0.4, -0.2) is 17.9 Å². The van der Waals surface area contributed by atoms with E-state index in [1.165, 1.54) is 0 Å². The number of alkyl halides is 6. The van der Waals surface area contributed by atoms with Crippen molar-refractivity contribution in [2.24, 2.45) is 5.73 Å². The van der Waals surface area contributed by atoms with Crippen molar-refractivity contribution >= 4 is 11.8 Å². The number of hydrogen-bond donors (Lipinski definition) is 2. The van der Waals surface area contributed by atoms with Crippen LogP contribution in [0.1, 0.15) is 53.4 Å². The van der Waals surface area contributed by atoms with Crippen LogP contribution in [-0.2, 0) is 29.0 Å². The predicted molar refractivity (Wildman–Crippen MR) is 106 cm³/mol. The molecule has 1 atom stereocenters. The zero-order chi connectivity index (χ0) is 24.5. The molecule has 0 unspecified atom stereocenters. The number of hydrogen-bond acceptors (Lipinski definition) is 2. The van der Waals surface area contributed by atoms with Crippen molar-refractivity contribution in [2.75, 3.05) is 0 Å². The zero-order valence-corrected chi connectivity index (χ0v) is 17.5. The van der Waals surface area contributed by atoms with Gasteiger partial charge < -0.3 is 11.1 Å². The fraction of sp³-hybridized carbons (Fsp3) is 0.364. The Kier molecular flexibility index (Phi) is 6.96. The summed E-state index contributed by atoms with van der Waals surface area (Å²) in [6.07, 6.45) is -10.3. The molecular formula is C22H22F6N2O2. The fourth-order valence-corrected chi connectivity index (χ4v) is 2.93. The van der Waals surface area contributed by atoms with Crippen molar-refractivity contribution in [3.05, 3.63) is 70.3 Å². The maximum absolute atomic E-state index is 13.0. The topological polar surface area (TPSA) is 72.2 Å². The van der Waals surface area contributed by atoms with E-state index < -0.39 is 46.9 Å². The predicted octanol–water partition coefficient (Wildman–Crippen LogP) is 4.85. The molecule has 4 nitrogen and oxygen atoms in total. The number of nitrogens with one attached hydrogen (secondary N) is 1. The number of rotatable bonds is 5. The highest BCUT2D eigenvalue weighted by Gasteiger charge is 2.37. The lowest BCUT2D eigenvalue weighted by molar-refractivity contribution is -0.143. The van der Waals surface area contributed by atoms with Gasteiger partial charge in [0, 0.05) is 12.0 Å². The Labute approximate surface area is 180 Å². The van der Waals surface area contributed by atoms with Crippen LogP contribution in [0.5, 0.6) is 0 Å². The standard InChI is InChI=1S/C22H22F6N2O2/c1-20(2,3)14-6-4-12(5-7-14)8-17(18(29)31)30-19(32)13-9-15(21(23,24)25)11-16(10-13)22(26,27)28/h4-7,9-11,17H,8H2,1-3H3,(H2,29,31)(H,30,32)/t17-/m0/s1. The van der Waals surface area contributed by atoms with E-state index >= 15 is 0 Å². The number of amides is 2. The molecule has 0 aliphatic rings. The molecule has 2 aromatic rings. The Morgan fingerprint density at radius 3 is 1.69 bits per heavy atom. The number of primary amides is 1. The first-order chi connectivity index (χ1) is 14.5. The third-order valence-electron chi connectivity index (χ3n) is 4.76. The summed E-state index contributed by atoms with van der Waals surface area (Å²) in [5, 5.41) is 2.14. The van der Waals surface area contributed by atoms with Gasteiger partial charge in [0.25, 0.3) is 5.91 Å². The number of carbonyl (C=O) groups excluding carboxylic acids is 2. The molecule has 174 valence electrons. The van der Waals surface area contributed by atoms with Gasteiger partial charge in [-0.15, -0.1) is 0 Å². The zero-order valence-electron chi connectivity index (χ0n) is 17.5. The SMILES string of the molecule is CC(C)(C)c1ccc(C[C@H](NC(=O)c2cc(C(F)(F)F)cc(C(F)(F)F)c2)C(N)=O)cc1. The van der Waals surface area contributed by atoms with Crippen molar-refractivity contribution in [1.82, 2.24) is 5.32 Å². The van der Waals surface area contributed by atoms with Gasteiger partial charge in [0.1, 0.15) is 6.04 Å². The second-order valence-corrected chi connectivity index (χ2v) is 8.37. The average molecular weight is 460 g/mol. The summed E-state index contributed by atoms with van der Waals surface area (Å²) < 4.78 is 78.1. The highest BCUT2D eigenvalue weighted by atomic mass is 19.4. The molecule has 32 heavy (non-hydrogen) atoms. The smallest absolute Gasteiger partial charge is 0.368 e. The second-order valence-electron chi connectivity index (χ2n) is 8.37. The van der Waals surface area contributed by atoms with Crippen molar-refractivity contribution in [1.29, 1.82) is 0 Å². The summed E-state index contributed by atoms with van der Waals surface area (Å²) in [5.74, 6) is -2.27. The van der Waals surface area contributed by atoms with Gasteiger partial charge in [-0.05, 0) is 34.7 Å². The van der Waals surface area contributed by atoms with E-state index in [2.05, 4.69) is 5.32 Å². The Morgan fingerprint density at radius 2 is 1.31 bits per heavy atom. The first-order valence-electron chi connectivity index (χ1n) is 9.47. The number of halogens is 6. The summed E-state index contributed by atoms with van der Waals surface area (Å²) in [5.41, 5.74) is 2.61. The van der Waals surface area contributed by atoms with Gasteiger partial charge in [-0.25, -0.2) is 0 Å². The summed E-state index contributed by atoms with van der Waals surface area (Å²) in [6, 6.07) is 6.20. The molecule has 10 heteroatoms. The highest BCUT2D eigenvalue weighted by Crippen LogP contribution is 2.36. The molecule has 0 aliphatic carbocycles. The molecular weight excluding hydrogens is 438 g/mol. The minimum absolute atomic E-state index is 0.0842. The molecule has 0 bridgehead atoms. The summed E-state index contributed by atoms with van der Waals surface area (Å²) >= 11 is 0. The van der Waals surface area contributed by atoms with Crippen LogP contribution in [0.25, 0.3) is 0 Å². The average Bonchev–Trinajstić information content (AvgIpc) is 2.65. The maximum Gasteiger partial charge on any atom is 0.416 e.